The topological polar surface area (TPSA) is 107 Å². The van der Waals surface area contributed by atoms with E-state index in [0.717, 1.165) is 6.08 Å². The quantitative estimate of drug-likeness (QED) is 0.483. The molecule has 0 amide bonds. The third-order valence-corrected chi connectivity index (χ3v) is 3.69. The molecule has 0 aliphatic heterocycles. The smallest absolute Gasteiger partial charge is 0.340 e. The van der Waals surface area contributed by atoms with Crippen LogP contribution in [0.25, 0.3) is 17.0 Å². The van der Waals surface area contributed by atoms with Gasteiger partial charge in [-0.15, -0.1) is 0 Å². The zero-order valence-electron chi connectivity index (χ0n) is 14.3. The number of rotatable bonds is 5. The van der Waals surface area contributed by atoms with Gasteiger partial charge in [0.2, 0.25) is 0 Å². The van der Waals surface area contributed by atoms with Crippen LogP contribution < -0.4 is 4.74 Å². The molecule has 1 aromatic carbocycles. The Bertz CT molecular complexity index is 864. The van der Waals surface area contributed by atoms with Crippen LogP contribution in [0.1, 0.15) is 23.0 Å². The van der Waals surface area contributed by atoms with Crippen LogP contribution in [0.2, 0.25) is 0 Å². The fraction of sp³-hybridized carbons (Fsp3) is 0.294. The summed E-state index contributed by atoms with van der Waals surface area (Å²) < 4.78 is 16.1. The number of aromatic hydroxyl groups is 2. The largest absolute Gasteiger partial charge is 0.506 e. The Morgan fingerprint density at radius 2 is 1.96 bits per heavy atom. The minimum Gasteiger partial charge on any atom is -0.506 e. The molecule has 1 aromatic heterocycles. The molecule has 8 nitrogen and oxygen atoms in total. The normalized spacial score (nSPS) is 11.0. The SMILES string of the molecule is CCOC(=O)/C=C/c1c(C(=O)OC)c2c(O)c(OC)cc(O)c2n1C. The van der Waals surface area contributed by atoms with Gasteiger partial charge in [0, 0.05) is 19.2 Å². The van der Waals surface area contributed by atoms with E-state index in [0.29, 0.717) is 0 Å². The number of carbonyl (C=O) groups excluding carboxylic acids is 2. The highest BCUT2D eigenvalue weighted by Gasteiger charge is 2.27. The maximum absolute atomic E-state index is 12.3. The number of hydrogen-bond donors (Lipinski definition) is 2. The van der Waals surface area contributed by atoms with E-state index < -0.39 is 11.9 Å². The minimum atomic E-state index is -0.739. The summed E-state index contributed by atoms with van der Waals surface area (Å²) in [5.74, 6) is -1.84. The second kappa shape index (κ2) is 7.16. The van der Waals surface area contributed by atoms with Crippen molar-refractivity contribution in [2.45, 2.75) is 6.92 Å². The fourth-order valence-electron chi connectivity index (χ4n) is 2.61. The first-order valence-electron chi connectivity index (χ1n) is 7.41. The molecule has 0 aliphatic carbocycles. The van der Waals surface area contributed by atoms with Gasteiger partial charge in [-0.3, -0.25) is 0 Å². The summed E-state index contributed by atoms with van der Waals surface area (Å²) in [7, 11) is 4.09. The van der Waals surface area contributed by atoms with Gasteiger partial charge in [0.15, 0.2) is 11.5 Å². The van der Waals surface area contributed by atoms with Crippen LogP contribution in [-0.2, 0) is 21.3 Å². The Hall–Kier alpha value is -3.16. The van der Waals surface area contributed by atoms with Crippen LogP contribution in [0, 0.1) is 0 Å². The summed E-state index contributed by atoms with van der Waals surface area (Å²) in [6.07, 6.45) is 2.51. The highest BCUT2D eigenvalue weighted by Crippen LogP contribution is 2.44. The number of ether oxygens (including phenoxy) is 3. The fourth-order valence-corrected chi connectivity index (χ4v) is 2.61. The molecule has 0 bridgehead atoms. The first-order valence-corrected chi connectivity index (χ1v) is 7.41. The summed E-state index contributed by atoms with van der Waals surface area (Å²) in [5, 5.41) is 20.8. The number of phenolic OH excluding ortho intramolecular Hbond substituents is 2. The molecule has 134 valence electrons. The van der Waals surface area contributed by atoms with Gasteiger partial charge in [0.25, 0.3) is 0 Å². The lowest BCUT2D eigenvalue weighted by Crippen LogP contribution is -2.05. The van der Waals surface area contributed by atoms with Gasteiger partial charge in [-0.1, -0.05) is 0 Å². The number of aromatic nitrogens is 1. The standard InChI is InChI=1S/C17H19NO7/c1-5-25-12(20)7-6-9-13(17(22)24-4)14-15(18(9)2)10(19)8-11(23-3)16(14)21/h6-8,19,21H,5H2,1-4H3/b7-6+. The molecule has 0 fully saturated rings. The highest BCUT2D eigenvalue weighted by atomic mass is 16.5. The van der Waals surface area contributed by atoms with Crippen LogP contribution in [0.4, 0.5) is 0 Å². The lowest BCUT2D eigenvalue weighted by atomic mass is 10.1. The van der Waals surface area contributed by atoms with Crippen molar-refractivity contribution < 1.29 is 34.0 Å². The van der Waals surface area contributed by atoms with Crippen LogP contribution >= 0.6 is 0 Å². The van der Waals surface area contributed by atoms with E-state index in [9.17, 15) is 19.8 Å². The molecule has 2 N–H and O–H groups in total. The van der Waals surface area contributed by atoms with Gasteiger partial charge in [-0.05, 0) is 13.0 Å². The number of fused-ring (bicyclic) bond motifs is 1. The van der Waals surface area contributed by atoms with Crippen molar-refractivity contribution in [1.29, 1.82) is 0 Å². The lowest BCUT2D eigenvalue weighted by Gasteiger charge is -2.07. The predicted molar refractivity (Wildman–Crippen MR) is 89.8 cm³/mol. The number of esters is 2. The zero-order valence-corrected chi connectivity index (χ0v) is 14.3. The highest BCUT2D eigenvalue weighted by molar-refractivity contribution is 6.12. The Balaban J connectivity index is 2.83. The lowest BCUT2D eigenvalue weighted by molar-refractivity contribution is -0.137. The second-order valence-corrected chi connectivity index (χ2v) is 5.07. The maximum Gasteiger partial charge on any atom is 0.340 e. The molecule has 25 heavy (non-hydrogen) atoms. The van der Waals surface area contributed by atoms with Gasteiger partial charge >= 0.3 is 11.9 Å². The number of hydrogen-bond acceptors (Lipinski definition) is 7. The van der Waals surface area contributed by atoms with Gasteiger partial charge < -0.3 is 29.0 Å². The molecule has 0 aliphatic rings. The number of methoxy groups -OCH3 is 2. The Morgan fingerprint density at radius 3 is 2.52 bits per heavy atom. The predicted octanol–water partition coefficient (Wildman–Crippen LogP) is 1.96. The van der Waals surface area contributed by atoms with E-state index in [1.807, 2.05) is 0 Å². The van der Waals surface area contributed by atoms with Crippen LogP contribution in [0.5, 0.6) is 17.2 Å². The molecule has 2 aromatic rings. The summed E-state index contributed by atoms with van der Waals surface area (Å²) in [4.78, 5) is 23.9. The molecule has 0 unspecified atom stereocenters. The molecule has 0 atom stereocenters. The second-order valence-electron chi connectivity index (χ2n) is 5.07. The molecule has 0 radical (unpaired) electrons. The molecule has 8 heteroatoms. The zero-order chi connectivity index (χ0) is 18.7. The third kappa shape index (κ3) is 3.10. The van der Waals surface area contributed by atoms with Crippen molar-refractivity contribution in [2.75, 3.05) is 20.8 Å². The summed E-state index contributed by atoms with van der Waals surface area (Å²) >= 11 is 0. The summed E-state index contributed by atoms with van der Waals surface area (Å²) in [6, 6.07) is 1.23. The summed E-state index contributed by atoms with van der Waals surface area (Å²) in [5.41, 5.74) is 0.447. The van der Waals surface area contributed by atoms with Crippen molar-refractivity contribution in [2.24, 2.45) is 7.05 Å². The number of aryl methyl sites for hydroxylation is 1. The number of phenols is 2. The minimum absolute atomic E-state index is 0.00155. The summed E-state index contributed by atoms with van der Waals surface area (Å²) in [6.45, 7) is 1.88. The molecular weight excluding hydrogens is 330 g/mol. The molecular formula is C17H19NO7. The van der Waals surface area contributed by atoms with E-state index in [2.05, 4.69) is 0 Å². The number of benzene rings is 1. The van der Waals surface area contributed by atoms with Crippen LogP contribution in [0.3, 0.4) is 0 Å². The van der Waals surface area contributed by atoms with Gasteiger partial charge in [-0.2, -0.15) is 0 Å². The molecule has 0 spiro atoms. The molecule has 1 heterocycles. The Kier molecular flexibility index (Phi) is 5.21. The first kappa shape index (κ1) is 18.2. The first-order chi connectivity index (χ1) is 11.9. The maximum atomic E-state index is 12.3. The van der Waals surface area contributed by atoms with Crippen molar-refractivity contribution >= 4 is 28.9 Å². The Labute approximate surface area is 143 Å². The van der Waals surface area contributed by atoms with Crippen molar-refractivity contribution in [3.8, 4) is 17.2 Å². The average molecular weight is 349 g/mol. The van der Waals surface area contributed by atoms with Gasteiger partial charge in [0.1, 0.15) is 5.75 Å². The van der Waals surface area contributed by atoms with Crippen molar-refractivity contribution in [3.63, 3.8) is 0 Å². The van der Waals surface area contributed by atoms with E-state index in [1.54, 1.807) is 14.0 Å². The monoisotopic (exact) mass is 349 g/mol. The van der Waals surface area contributed by atoms with Crippen molar-refractivity contribution in [1.82, 2.24) is 4.57 Å². The molecule has 2 rings (SSSR count). The average Bonchev–Trinajstić information content (AvgIpc) is 2.89. The number of nitrogens with zero attached hydrogens (tertiary/aromatic N) is 1. The molecule has 0 saturated heterocycles. The van der Waals surface area contributed by atoms with Crippen molar-refractivity contribution in [3.05, 3.63) is 23.4 Å². The molecule has 0 saturated carbocycles. The Morgan fingerprint density at radius 1 is 1.28 bits per heavy atom. The van der Waals surface area contributed by atoms with E-state index in [-0.39, 0.29) is 46.0 Å². The van der Waals surface area contributed by atoms with Crippen LogP contribution in [-0.4, -0.2) is 47.5 Å². The van der Waals surface area contributed by atoms with Gasteiger partial charge in [-0.25, -0.2) is 9.59 Å². The van der Waals surface area contributed by atoms with Crippen LogP contribution in [0.15, 0.2) is 12.1 Å². The van der Waals surface area contributed by atoms with E-state index in [4.69, 9.17) is 14.2 Å². The number of carbonyl (C=O) groups is 2. The van der Waals surface area contributed by atoms with Gasteiger partial charge in [0.05, 0.1) is 43.0 Å². The van der Waals surface area contributed by atoms with E-state index >= 15 is 0 Å². The van der Waals surface area contributed by atoms with E-state index in [1.165, 1.54) is 30.9 Å². The third-order valence-electron chi connectivity index (χ3n) is 3.69.